The van der Waals surface area contributed by atoms with E-state index in [4.69, 9.17) is 4.74 Å². The number of carbonyl (C=O) groups is 1. The van der Waals surface area contributed by atoms with Crippen LogP contribution in [-0.2, 0) is 9.53 Å². The molecule has 0 saturated carbocycles. The molecule has 0 heterocycles. The average molecular weight is 286 g/mol. The smallest absolute Gasteiger partial charge is 0.325 e. The maximum atomic E-state index is 11.3. The largest absolute Gasteiger partial charge is 0.462 e. The van der Waals surface area contributed by atoms with Gasteiger partial charge in [-0.1, -0.05) is 6.07 Å². The Balaban J connectivity index is 2.54. The summed E-state index contributed by atoms with van der Waals surface area (Å²) in [7, 11) is 0. The number of halogens is 1. The monoisotopic (exact) mass is 285 g/mol. The number of anilines is 1. The third-order valence-corrected chi connectivity index (χ3v) is 2.60. The first-order valence-corrected chi connectivity index (χ1v) is 5.98. The van der Waals surface area contributed by atoms with Crippen LogP contribution < -0.4 is 5.32 Å². The van der Waals surface area contributed by atoms with Crippen molar-refractivity contribution in [1.29, 1.82) is 0 Å². The Morgan fingerprint density at radius 2 is 2.19 bits per heavy atom. The Morgan fingerprint density at radius 3 is 2.81 bits per heavy atom. The number of hydrogen-bond donors (Lipinski definition) is 1. The Hall–Kier alpha value is -1.03. The van der Waals surface area contributed by atoms with E-state index in [-0.39, 0.29) is 18.6 Å². The molecule has 0 aliphatic carbocycles. The van der Waals surface area contributed by atoms with Crippen LogP contribution >= 0.6 is 15.9 Å². The summed E-state index contributed by atoms with van der Waals surface area (Å²) in [6.07, 6.45) is -0.0738. The maximum Gasteiger partial charge on any atom is 0.325 e. The van der Waals surface area contributed by atoms with Gasteiger partial charge in [-0.05, 0) is 54.4 Å². The van der Waals surface area contributed by atoms with Crippen LogP contribution in [0.15, 0.2) is 22.7 Å². The van der Waals surface area contributed by atoms with Crippen molar-refractivity contribution in [3.05, 3.63) is 28.2 Å². The number of esters is 1. The average Bonchev–Trinajstić information content (AvgIpc) is 2.18. The quantitative estimate of drug-likeness (QED) is 0.864. The van der Waals surface area contributed by atoms with Crippen molar-refractivity contribution in [3.8, 4) is 0 Å². The molecule has 0 spiro atoms. The molecule has 88 valence electrons. The van der Waals surface area contributed by atoms with Gasteiger partial charge in [0.15, 0.2) is 0 Å². The molecule has 1 N–H and O–H groups in total. The summed E-state index contributed by atoms with van der Waals surface area (Å²) >= 11 is 3.42. The number of hydrogen-bond acceptors (Lipinski definition) is 3. The van der Waals surface area contributed by atoms with Gasteiger partial charge in [-0.2, -0.15) is 0 Å². The van der Waals surface area contributed by atoms with Gasteiger partial charge in [-0.25, -0.2) is 0 Å². The minimum Gasteiger partial charge on any atom is -0.462 e. The molecule has 0 atom stereocenters. The maximum absolute atomic E-state index is 11.3. The minimum absolute atomic E-state index is 0.0738. The normalized spacial score (nSPS) is 10.3. The van der Waals surface area contributed by atoms with Crippen molar-refractivity contribution in [2.24, 2.45) is 0 Å². The summed E-state index contributed by atoms with van der Waals surface area (Å²) in [4.78, 5) is 11.3. The first-order chi connectivity index (χ1) is 7.49. The summed E-state index contributed by atoms with van der Waals surface area (Å²) in [5, 5.41) is 3.04. The number of ether oxygens (including phenoxy) is 1. The van der Waals surface area contributed by atoms with E-state index >= 15 is 0 Å². The summed E-state index contributed by atoms with van der Waals surface area (Å²) in [5.74, 6) is -0.247. The molecular weight excluding hydrogens is 270 g/mol. The molecule has 0 amide bonds. The van der Waals surface area contributed by atoms with E-state index in [1.807, 2.05) is 39.0 Å². The molecule has 1 aromatic rings. The Bertz CT molecular complexity index is 377. The van der Waals surface area contributed by atoms with Gasteiger partial charge in [0.05, 0.1) is 6.10 Å². The topological polar surface area (TPSA) is 38.3 Å². The number of aryl methyl sites for hydroxylation is 1. The lowest BCUT2D eigenvalue weighted by Crippen LogP contribution is -2.20. The van der Waals surface area contributed by atoms with Gasteiger partial charge in [-0.15, -0.1) is 0 Å². The first kappa shape index (κ1) is 13.0. The summed E-state index contributed by atoms with van der Waals surface area (Å²) in [5.41, 5.74) is 2.05. The third kappa shape index (κ3) is 4.23. The molecule has 1 aromatic carbocycles. The second-order valence-electron chi connectivity index (χ2n) is 3.88. The van der Waals surface area contributed by atoms with Crippen LogP contribution in [-0.4, -0.2) is 18.6 Å². The SMILES string of the molecule is Cc1ccc(Br)c(NCC(=O)OC(C)C)c1. The lowest BCUT2D eigenvalue weighted by atomic mass is 10.2. The fourth-order valence-corrected chi connectivity index (χ4v) is 1.63. The van der Waals surface area contributed by atoms with Crippen molar-refractivity contribution in [2.45, 2.75) is 26.9 Å². The highest BCUT2D eigenvalue weighted by Crippen LogP contribution is 2.22. The van der Waals surface area contributed by atoms with Crippen molar-refractivity contribution >= 4 is 27.6 Å². The predicted octanol–water partition coefficient (Wildman–Crippen LogP) is 3.12. The van der Waals surface area contributed by atoms with Gasteiger partial charge in [-0.3, -0.25) is 4.79 Å². The molecule has 1 rings (SSSR count). The summed E-state index contributed by atoms with van der Waals surface area (Å²) in [6, 6.07) is 5.93. The zero-order valence-electron chi connectivity index (χ0n) is 9.71. The van der Waals surface area contributed by atoms with Crippen molar-refractivity contribution < 1.29 is 9.53 Å². The zero-order valence-corrected chi connectivity index (χ0v) is 11.3. The molecule has 4 heteroatoms. The lowest BCUT2D eigenvalue weighted by Gasteiger charge is -2.11. The highest BCUT2D eigenvalue weighted by molar-refractivity contribution is 9.10. The highest BCUT2D eigenvalue weighted by atomic mass is 79.9. The zero-order chi connectivity index (χ0) is 12.1. The predicted molar refractivity (Wildman–Crippen MR) is 68.6 cm³/mol. The van der Waals surface area contributed by atoms with Crippen LogP contribution in [0.3, 0.4) is 0 Å². The van der Waals surface area contributed by atoms with Crippen LogP contribution in [0.5, 0.6) is 0 Å². The second-order valence-corrected chi connectivity index (χ2v) is 4.73. The van der Waals surface area contributed by atoms with Crippen molar-refractivity contribution in [2.75, 3.05) is 11.9 Å². The molecule has 0 radical (unpaired) electrons. The molecule has 0 unspecified atom stereocenters. The number of nitrogens with one attached hydrogen (secondary N) is 1. The second kappa shape index (κ2) is 5.89. The van der Waals surface area contributed by atoms with Crippen LogP contribution in [0.25, 0.3) is 0 Å². The van der Waals surface area contributed by atoms with Crippen molar-refractivity contribution in [1.82, 2.24) is 0 Å². The Kier molecular flexibility index (Phi) is 4.80. The Morgan fingerprint density at radius 1 is 1.50 bits per heavy atom. The fraction of sp³-hybridized carbons (Fsp3) is 0.417. The van der Waals surface area contributed by atoms with Gasteiger partial charge in [0.25, 0.3) is 0 Å². The Labute approximate surface area is 104 Å². The highest BCUT2D eigenvalue weighted by Gasteiger charge is 2.06. The first-order valence-electron chi connectivity index (χ1n) is 5.18. The van der Waals surface area contributed by atoms with E-state index in [9.17, 15) is 4.79 Å². The number of rotatable bonds is 4. The molecule has 0 aliphatic rings. The van der Waals surface area contributed by atoms with Crippen LogP contribution in [0.2, 0.25) is 0 Å². The van der Waals surface area contributed by atoms with Gasteiger partial charge in [0.2, 0.25) is 0 Å². The molecule has 0 fully saturated rings. The number of carbonyl (C=O) groups excluding carboxylic acids is 1. The molecule has 0 bridgehead atoms. The molecule has 16 heavy (non-hydrogen) atoms. The van der Waals surface area contributed by atoms with Crippen LogP contribution in [0.1, 0.15) is 19.4 Å². The van der Waals surface area contributed by atoms with Gasteiger partial charge in [0.1, 0.15) is 6.54 Å². The van der Waals surface area contributed by atoms with Gasteiger partial charge in [0, 0.05) is 10.2 Å². The van der Waals surface area contributed by atoms with E-state index < -0.39 is 0 Å². The lowest BCUT2D eigenvalue weighted by molar-refractivity contribution is -0.145. The molecule has 0 saturated heterocycles. The van der Waals surface area contributed by atoms with E-state index in [0.29, 0.717) is 0 Å². The molecular formula is C12H16BrNO2. The van der Waals surface area contributed by atoms with Crippen molar-refractivity contribution in [3.63, 3.8) is 0 Å². The third-order valence-electron chi connectivity index (χ3n) is 1.91. The van der Waals surface area contributed by atoms with E-state index in [1.165, 1.54) is 0 Å². The van der Waals surface area contributed by atoms with Crippen LogP contribution in [0.4, 0.5) is 5.69 Å². The van der Waals surface area contributed by atoms with E-state index in [1.54, 1.807) is 0 Å². The summed E-state index contributed by atoms with van der Waals surface area (Å²) < 4.78 is 5.97. The van der Waals surface area contributed by atoms with Crippen LogP contribution in [0, 0.1) is 6.92 Å². The fourth-order valence-electron chi connectivity index (χ4n) is 1.25. The van der Waals surface area contributed by atoms with Gasteiger partial charge < -0.3 is 10.1 Å². The minimum atomic E-state index is -0.247. The molecule has 0 aliphatic heterocycles. The van der Waals surface area contributed by atoms with E-state index in [0.717, 1.165) is 15.7 Å². The summed E-state index contributed by atoms with van der Waals surface area (Å²) in [6.45, 7) is 5.85. The molecule has 0 aromatic heterocycles. The molecule has 3 nitrogen and oxygen atoms in total. The standard InChI is InChI=1S/C12H16BrNO2/c1-8(2)16-12(15)7-14-11-6-9(3)4-5-10(11)13/h4-6,8,14H,7H2,1-3H3. The van der Waals surface area contributed by atoms with Gasteiger partial charge >= 0.3 is 5.97 Å². The number of benzene rings is 1. The van der Waals surface area contributed by atoms with E-state index in [2.05, 4.69) is 21.2 Å².